The predicted octanol–water partition coefficient (Wildman–Crippen LogP) is 3.45. The number of rotatable bonds is 4. The van der Waals surface area contributed by atoms with E-state index >= 15 is 0 Å². The lowest BCUT2D eigenvalue weighted by molar-refractivity contribution is 0.101. The van der Waals surface area contributed by atoms with Crippen LogP contribution in [0.5, 0.6) is 0 Å². The first-order valence-electron chi connectivity index (χ1n) is 7.37. The maximum atomic E-state index is 12.6. The summed E-state index contributed by atoms with van der Waals surface area (Å²) < 4.78 is 16.1. The highest BCUT2D eigenvalue weighted by Crippen LogP contribution is 2.27. The van der Waals surface area contributed by atoms with Crippen LogP contribution >= 0.6 is 0 Å². The number of benzene rings is 1. The molecule has 1 aromatic carbocycles. The van der Waals surface area contributed by atoms with E-state index in [0.29, 0.717) is 33.9 Å². The Labute approximate surface area is 141 Å². The van der Waals surface area contributed by atoms with Crippen LogP contribution in [-0.2, 0) is 9.73 Å². The number of nitrogens with zero attached hydrogens (tertiary/aromatic N) is 1. The van der Waals surface area contributed by atoms with Gasteiger partial charge in [-0.1, -0.05) is 12.1 Å². The van der Waals surface area contributed by atoms with Crippen LogP contribution in [0.3, 0.4) is 0 Å². The van der Waals surface area contributed by atoms with Gasteiger partial charge < -0.3 is 10.3 Å². The third-order valence-corrected chi connectivity index (χ3v) is 4.12. The number of para-hydroxylation sites is 1. The van der Waals surface area contributed by atoms with Crippen molar-refractivity contribution in [3.8, 4) is 0 Å². The number of amides is 1. The van der Waals surface area contributed by atoms with Crippen LogP contribution in [0.2, 0.25) is 0 Å². The number of carbonyl (C=O) groups excluding carboxylic acids is 2. The van der Waals surface area contributed by atoms with Crippen LogP contribution < -0.4 is 5.32 Å². The van der Waals surface area contributed by atoms with E-state index in [-0.39, 0.29) is 11.7 Å². The highest BCUT2D eigenvalue weighted by atomic mass is 32.2. The molecule has 0 spiro atoms. The Hall–Kier alpha value is -2.41. The summed E-state index contributed by atoms with van der Waals surface area (Å²) in [5.41, 5.74) is 3.06. The minimum Gasteiger partial charge on any atom is -0.354 e. The number of aryl methyl sites for hydroxylation is 1. The summed E-state index contributed by atoms with van der Waals surface area (Å²) in [4.78, 5) is 27.2. The lowest BCUT2D eigenvalue weighted by Crippen LogP contribution is -2.14. The molecule has 0 aliphatic heterocycles. The molecule has 0 saturated heterocycles. The van der Waals surface area contributed by atoms with Gasteiger partial charge in [0.1, 0.15) is 5.69 Å². The zero-order valence-corrected chi connectivity index (χ0v) is 15.2. The van der Waals surface area contributed by atoms with E-state index in [2.05, 4.69) is 14.7 Å². The standard InChI is InChI=1S/C17H21N3O3S/c1-10-15(12(3)21)11(2)18-16(10)17(22)19-13-8-6-7-9-14(13)20-24(4,5)23/h6-9,18H,1-5H3,(H,19,22). The molecule has 0 aliphatic rings. The van der Waals surface area contributed by atoms with Gasteiger partial charge in [-0.15, -0.1) is 0 Å². The van der Waals surface area contributed by atoms with Gasteiger partial charge in [0.05, 0.1) is 11.4 Å². The number of aromatic nitrogens is 1. The normalized spacial score (nSPS) is 11.2. The number of Topliss-reactive ketones (excluding diaryl/α,β-unsaturated/α-hetero) is 1. The molecule has 6 nitrogen and oxygen atoms in total. The van der Waals surface area contributed by atoms with Crippen molar-refractivity contribution in [3.63, 3.8) is 0 Å². The molecule has 0 bridgehead atoms. The SMILES string of the molecule is CC(=O)c1c(C)[nH]c(C(=O)Nc2ccccc2N=S(C)(C)=O)c1C. The van der Waals surface area contributed by atoms with Crippen molar-refractivity contribution in [1.29, 1.82) is 0 Å². The quantitative estimate of drug-likeness (QED) is 0.830. The lowest BCUT2D eigenvalue weighted by atomic mass is 10.1. The second kappa shape index (κ2) is 6.60. The molecule has 0 fully saturated rings. The minimum absolute atomic E-state index is 0.0904. The first-order valence-corrected chi connectivity index (χ1v) is 9.71. The second-order valence-corrected chi connectivity index (χ2v) is 8.47. The fourth-order valence-corrected chi connectivity index (χ4v) is 3.22. The van der Waals surface area contributed by atoms with Gasteiger partial charge >= 0.3 is 0 Å². The Morgan fingerprint density at radius 3 is 2.33 bits per heavy atom. The molecule has 0 atom stereocenters. The molecule has 1 amide bonds. The van der Waals surface area contributed by atoms with Gasteiger partial charge in [0.25, 0.3) is 5.91 Å². The number of aromatic amines is 1. The zero-order chi connectivity index (χ0) is 18.1. The first-order chi connectivity index (χ1) is 11.1. The summed E-state index contributed by atoms with van der Waals surface area (Å²) in [6, 6.07) is 6.90. The summed E-state index contributed by atoms with van der Waals surface area (Å²) in [6.45, 7) is 4.96. The van der Waals surface area contributed by atoms with E-state index in [4.69, 9.17) is 0 Å². The minimum atomic E-state index is -2.35. The number of nitrogens with one attached hydrogen (secondary N) is 2. The Morgan fingerprint density at radius 1 is 1.17 bits per heavy atom. The zero-order valence-electron chi connectivity index (χ0n) is 14.4. The van der Waals surface area contributed by atoms with Crippen LogP contribution in [0.1, 0.15) is 39.0 Å². The predicted molar refractivity (Wildman–Crippen MR) is 96.7 cm³/mol. The molecule has 2 N–H and O–H groups in total. The molecule has 0 aliphatic carbocycles. The molecule has 2 aromatic rings. The van der Waals surface area contributed by atoms with Crippen molar-refractivity contribution in [2.75, 3.05) is 17.8 Å². The highest BCUT2D eigenvalue weighted by molar-refractivity contribution is 7.92. The lowest BCUT2D eigenvalue weighted by Gasteiger charge is -2.08. The molecular weight excluding hydrogens is 326 g/mol. The Balaban J connectivity index is 2.41. The monoisotopic (exact) mass is 347 g/mol. The maximum absolute atomic E-state index is 12.6. The molecule has 0 unspecified atom stereocenters. The summed E-state index contributed by atoms with van der Waals surface area (Å²) >= 11 is 0. The molecule has 128 valence electrons. The summed E-state index contributed by atoms with van der Waals surface area (Å²) in [7, 11) is -2.35. The molecule has 24 heavy (non-hydrogen) atoms. The molecule has 1 heterocycles. The highest BCUT2D eigenvalue weighted by Gasteiger charge is 2.20. The van der Waals surface area contributed by atoms with Gasteiger partial charge in [-0.3, -0.25) is 9.59 Å². The molecular formula is C17H21N3O3S. The van der Waals surface area contributed by atoms with E-state index in [1.807, 2.05) is 0 Å². The summed E-state index contributed by atoms with van der Waals surface area (Å²) in [6.07, 6.45) is 3.06. The van der Waals surface area contributed by atoms with E-state index in [0.717, 1.165) is 0 Å². The average molecular weight is 347 g/mol. The van der Waals surface area contributed by atoms with Crippen LogP contribution in [-0.4, -0.2) is 33.4 Å². The molecule has 1 aromatic heterocycles. The van der Waals surface area contributed by atoms with Crippen LogP contribution in [0.4, 0.5) is 11.4 Å². The number of ketones is 1. The molecule has 2 rings (SSSR count). The van der Waals surface area contributed by atoms with Crippen molar-refractivity contribution in [2.45, 2.75) is 20.8 Å². The van der Waals surface area contributed by atoms with Crippen molar-refractivity contribution in [1.82, 2.24) is 4.98 Å². The van der Waals surface area contributed by atoms with Crippen molar-refractivity contribution in [3.05, 3.63) is 46.8 Å². The van der Waals surface area contributed by atoms with Gasteiger partial charge in [0.2, 0.25) is 0 Å². The fourth-order valence-electron chi connectivity index (χ4n) is 2.59. The number of hydrogen-bond acceptors (Lipinski definition) is 4. The Bertz CT molecular complexity index is 927. The van der Waals surface area contributed by atoms with E-state index in [1.54, 1.807) is 38.1 Å². The van der Waals surface area contributed by atoms with Gasteiger partial charge in [0.15, 0.2) is 5.78 Å². The summed E-state index contributed by atoms with van der Waals surface area (Å²) in [5.74, 6) is -0.461. The Morgan fingerprint density at radius 2 is 1.79 bits per heavy atom. The molecule has 0 saturated carbocycles. The smallest absolute Gasteiger partial charge is 0.272 e. The third-order valence-electron chi connectivity index (χ3n) is 3.49. The van der Waals surface area contributed by atoms with Gasteiger partial charge in [-0.25, -0.2) is 4.21 Å². The first kappa shape index (κ1) is 17.9. The van der Waals surface area contributed by atoms with Crippen molar-refractivity contribution < 1.29 is 13.8 Å². The van der Waals surface area contributed by atoms with E-state index < -0.39 is 9.73 Å². The topological polar surface area (TPSA) is 91.4 Å². The van der Waals surface area contributed by atoms with E-state index in [1.165, 1.54) is 19.4 Å². The second-order valence-electron chi connectivity index (χ2n) is 5.93. The van der Waals surface area contributed by atoms with Gasteiger partial charge in [-0.2, -0.15) is 4.36 Å². The molecule has 0 radical (unpaired) electrons. The maximum Gasteiger partial charge on any atom is 0.272 e. The Kier molecular flexibility index (Phi) is 4.94. The van der Waals surface area contributed by atoms with Crippen LogP contribution in [0.15, 0.2) is 28.6 Å². The van der Waals surface area contributed by atoms with Crippen LogP contribution in [0.25, 0.3) is 0 Å². The van der Waals surface area contributed by atoms with Crippen molar-refractivity contribution in [2.24, 2.45) is 4.36 Å². The number of hydrogen-bond donors (Lipinski definition) is 2. The third kappa shape index (κ3) is 3.91. The van der Waals surface area contributed by atoms with Crippen LogP contribution in [0, 0.1) is 13.8 Å². The molecule has 7 heteroatoms. The van der Waals surface area contributed by atoms with E-state index in [9.17, 15) is 13.8 Å². The van der Waals surface area contributed by atoms with Gasteiger partial charge in [0, 0.05) is 33.5 Å². The average Bonchev–Trinajstić information content (AvgIpc) is 2.74. The summed E-state index contributed by atoms with van der Waals surface area (Å²) in [5, 5.41) is 2.77. The number of H-pyrrole nitrogens is 1. The van der Waals surface area contributed by atoms with Crippen molar-refractivity contribution >= 4 is 32.8 Å². The largest absolute Gasteiger partial charge is 0.354 e. The number of anilines is 1. The van der Waals surface area contributed by atoms with Gasteiger partial charge in [-0.05, 0) is 38.5 Å². The fraction of sp³-hybridized carbons (Fsp3) is 0.294. The number of carbonyl (C=O) groups is 2.